The zero-order chi connectivity index (χ0) is 14.4. The Hall–Kier alpha value is -1.41. The lowest BCUT2D eigenvalue weighted by molar-refractivity contribution is 0.431. The van der Waals surface area contributed by atoms with Gasteiger partial charge in [0, 0.05) is 24.7 Å². The molecule has 0 spiro atoms. The van der Waals surface area contributed by atoms with E-state index >= 15 is 0 Å². The van der Waals surface area contributed by atoms with Crippen LogP contribution in [-0.4, -0.2) is 33.2 Å². The van der Waals surface area contributed by atoms with Crippen LogP contribution in [0.25, 0.3) is 11.3 Å². The molecule has 21 heavy (non-hydrogen) atoms. The molecule has 0 radical (unpaired) electrons. The fourth-order valence-electron chi connectivity index (χ4n) is 1.79. The number of halogens is 1. The number of benzene rings is 1. The van der Waals surface area contributed by atoms with Gasteiger partial charge in [-0.3, -0.25) is 0 Å². The summed E-state index contributed by atoms with van der Waals surface area (Å²) in [5, 5.41) is 6.67. The van der Waals surface area contributed by atoms with Crippen molar-refractivity contribution in [3.63, 3.8) is 0 Å². The predicted molar refractivity (Wildman–Crippen MR) is 82.9 cm³/mol. The van der Waals surface area contributed by atoms with Crippen LogP contribution in [0.2, 0.25) is 0 Å². The summed E-state index contributed by atoms with van der Waals surface area (Å²) in [5.41, 5.74) is 0.501. The maximum absolute atomic E-state index is 12.3. The molecule has 2 aromatic rings. The molecule has 0 saturated heterocycles. The van der Waals surface area contributed by atoms with E-state index in [4.69, 9.17) is 4.52 Å². The van der Waals surface area contributed by atoms with Gasteiger partial charge in [0.05, 0.1) is 11.1 Å². The molecule has 2 N–H and O–H groups in total. The number of likely N-dealkylation sites (N-methyl/N-ethyl adjacent to an activating group) is 1. The van der Waals surface area contributed by atoms with E-state index in [-0.39, 0.29) is 17.3 Å². The molecule has 0 bridgehead atoms. The highest BCUT2D eigenvalue weighted by molar-refractivity contribution is 7.89. The zero-order valence-corrected chi connectivity index (χ0v) is 13.2. The van der Waals surface area contributed by atoms with E-state index < -0.39 is 10.0 Å². The van der Waals surface area contributed by atoms with E-state index in [0.717, 1.165) is 6.54 Å². The summed E-state index contributed by atoms with van der Waals surface area (Å²) in [6.07, 6.45) is 1.48. The maximum atomic E-state index is 12.3. The Labute approximate surface area is 130 Å². The fourth-order valence-corrected chi connectivity index (χ4v) is 3.03. The van der Waals surface area contributed by atoms with Crippen LogP contribution in [0.15, 0.2) is 45.9 Å². The van der Waals surface area contributed by atoms with Crippen molar-refractivity contribution < 1.29 is 12.9 Å². The average Bonchev–Trinajstić information content (AvgIpc) is 2.98. The molecule has 1 aromatic carbocycles. The first kappa shape index (κ1) is 17.6. The molecule has 0 amide bonds. The van der Waals surface area contributed by atoms with E-state index in [9.17, 15) is 8.42 Å². The minimum Gasteiger partial charge on any atom is -0.356 e. The monoisotopic (exact) mass is 331 g/mol. The summed E-state index contributed by atoms with van der Waals surface area (Å²) in [5.74, 6) is 0.428. The van der Waals surface area contributed by atoms with Gasteiger partial charge in [-0.1, -0.05) is 24.2 Å². The number of nitrogens with zero attached hydrogens (tertiary/aromatic N) is 1. The Morgan fingerprint density at radius 1 is 1.19 bits per heavy atom. The van der Waals surface area contributed by atoms with Gasteiger partial charge >= 0.3 is 0 Å². The fraction of sp³-hybridized carbons (Fsp3) is 0.308. The summed E-state index contributed by atoms with van der Waals surface area (Å²) < 4.78 is 32.2. The van der Waals surface area contributed by atoms with Crippen molar-refractivity contribution in [3.05, 3.63) is 36.5 Å². The molecule has 116 valence electrons. The van der Waals surface area contributed by atoms with Crippen LogP contribution in [-0.2, 0) is 10.0 Å². The second-order valence-corrected chi connectivity index (χ2v) is 5.86. The Bertz CT molecular complexity index is 644. The van der Waals surface area contributed by atoms with Gasteiger partial charge in [-0.25, -0.2) is 13.1 Å². The Morgan fingerprint density at radius 3 is 2.62 bits per heavy atom. The third kappa shape index (κ3) is 4.53. The van der Waals surface area contributed by atoms with E-state index in [1.807, 2.05) is 6.92 Å². The molecule has 0 fully saturated rings. The van der Waals surface area contributed by atoms with Crippen LogP contribution < -0.4 is 10.0 Å². The predicted octanol–water partition coefficient (Wildman–Crippen LogP) is 1.65. The third-order valence-corrected chi connectivity index (χ3v) is 4.24. The summed E-state index contributed by atoms with van der Waals surface area (Å²) in [4.78, 5) is 0.188. The van der Waals surface area contributed by atoms with Crippen molar-refractivity contribution >= 4 is 22.4 Å². The van der Waals surface area contributed by atoms with Crippen LogP contribution in [0.5, 0.6) is 0 Å². The third-order valence-electron chi connectivity index (χ3n) is 2.72. The smallest absolute Gasteiger partial charge is 0.241 e. The van der Waals surface area contributed by atoms with Crippen molar-refractivity contribution in [1.29, 1.82) is 0 Å². The molecule has 8 heteroatoms. The number of sulfonamides is 1. The molecule has 0 unspecified atom stereocenters. The van der Waals surface area contributed by atoms with Gasteiger partial charge in [-0.05, 0) is 18.7 Å². The number of aromatic nitrogens is 1. The topological polar surface area (TPSA) is 84.2 Å². The highest BCUT2D eigenvalue weighted by Gasteiger charge is 2.19. The van der Waals surface area contributed by atoms with Gasteiger partial charge in [0.2, 0.25) is 10.0 Å². The normalized spacial score (nSPS) is 11.1. The van der Waals surface area contributed by atoms with Gasteiger partial charge in [0.25, 0.3) is 0 Å². The van der Waals surface area contributed by atoms with Gasteiger partial charge in [0.15, 0.2) is 5.76 Å². The van der Waals surface area contributed by atoms with Crippen LogP contribution in [0, 0.1) is 0 Å². The summed E-state index contributed by atoms with van der Waals surface area (Å²) >= 11 is 0. The zero-order valence-electron chi connectivity index (χ0n) is 11.6. The second kappa shape index (κ2) is 8.14. The molecule has 6 nitrogen and oxygen atoms in total. The minimum atomic E-state index is -3.58. The Morgan fingerprint density at radius 2 is 1.95 bits per heavy atom. The SMILES string of the molecule is CCNCCNS(=O)(=O)c1ccccc1-c1ccno1.Cl. The number of hydrogen-bond donors (Lipinski definition) is 2. The average molecular weight is 332 g/mol. The number of rotatable bonds is 7. The first-order valence-electron chi connectivity index (χ1n) is 6.35. The molecular weight excluding hydrogens is 314 g/mol. The molecule has 2 rings (SSSR count). The molecule has 0 saturated carbocycles. The first-order chi connectivity index (χ1) is 9.65. The van der Waals surface area contributed by atoms with Gasteiger partial charge in [0.1, 0.15) is 0 Å². The first-order valence-corrected chi connectivity index (χ1v) is 7.84. The molecular formula is C13H18ClN3O3S. The molecule has 0 aliphatic carbocycles. The lowest BCUT2D eigenvalue weighted by Gasteiger charge is -2.10. The second-order valence-electron chi connectivity index (χ2n) is 4.12. The Kier molecular flexibility index (Phi) is 6.83. The highest BCUT2D eigenvalue weighted by Crippen LogP contribution is 2.26. The summed E-state index contributed by atoms with van der Waals surface area (Å²) in [7, 11) is -3.58. The van der Waals surface area contributed by atoms with E-state index in [0.29, 0.717) is 24.4 Å². The largest absolute Gasteiger partial charge is 0.356 e. The van der Waals surface area contributed by atoms with Crippen LogP contribution in [0.3, 0.4) is 0 Å². The molecule has 1 aromatic heterocycles. The number of nitrogens with one attached hydrogen (secondary N) is 2. The van der Waals surface area contributed by atoms with Gasteiger partial charge in [-0.15, -0.1) is 12.4 Å². The van der Waals surface area contributed by atoms with Crippen molar-refractivity contribution in [2.24, 2.45) is 0 Å². The van der Waals surface area contributed by atoms with Crippen molar-refractivity contribution in [2.45, 2.75) is 11.8 Å². The van der Waals surface area contributed by atoms with Crippen LogP contribution >= 0.6 is 12.4 Å². The molecule has 0 aliphatic rings. The Balaban J connectivity index is 0.00000220. The minimum absolute atomic E-state index is 0. The van der Waals surface area contributed by atoms with E-state index in [1.54, 1.807) is 30.3 Å². The lowest BCUT2D eigenvalue weighted by atomic mass is 10.2. The summed E-state index contributed by atoms with van der Waals surface area (Å²) in [6.45, 7) is 3.69. The van der Waals surface area contributed by atoms with Crippen molar-refractivity contribution in [2.75, 3.05) is 19.6 Å². The van der Waals surface area contributed by atoms with Crippen molar-refractivity contribution in [1.82, 2.24) is 15.2 Å². The van der Waals surface area contributed by atoms with E-state index in [1.165, 1.54) is 6.20 Å². The van der Waals surface area contributed by atoms with Crippen LogP contribution in [0.1, 0.15) is 6.92 Å². The van der Waals surface area contributed by atoms with Crippen LogP contribution in [0.4, 0.5) is 0 Å². The summed E-state index contributed by atoms with van der Waals surface area (Å²) in [6, 6.07) is 8.31. The van der Waals surface area contributed by atoms with Crippen molar-refractivity contribution in [3.8, 4) is 11.3 Å². The molecule has 1 heterocycles. The molecule has 0 atom stereocenters. The standard InChI is InChI=1S/C13H17N3O3S.ClH/c1-2-14-9-10-16-20(17,18)13-6-4-3-5-11(13)12-7-8-15-19-12;/h3-8,14,16H,2,9-10H2,1H3;1H. The van der Waals surface area contributed by atoms with Gasteiger partial charge < -0.3 is 9.84 Å². The van der Waals surface area contributed by atoms with E-state index in [2.05, 4.69) is 15.2 Å². The highest BCUT2D eigenvalue weighted by atomic mass is 35.5. The van der Waals surface area contributed by atoms with Gasteiger partial charge in [-0.2, -0.15) is 0 Å². The molecule has 0 aliphatic heterocycles. The number of hydrogen-bond acceptors (Lipinski definition) is 5. The maximum Gasteiger partial charge on any atom is 0.241 e. The quantitative estimate of drug-likeness (QED) is 0.754. The lowest BCUT2D eigenvalue weighted by Crippen LogP contribution is -2.32.